The molecule has 0 atom stereocenters. The third kappa shape index (κ3) is 3.29. The normalized spacial score (nSPS) is 10.5. The minimum absolute atomic E-state index is 0.259. The number of hydrogen-bond donors (Lipinski definition) is 1. The molecule has 0 fully saturated rings. The van der Waals surface area contributed by atoms with Crippen LogP contribution in [0.25, 0.3) is 0 Å². The van der Waals surface area contributed by atoms with Gasteiger partial charge in [-0.1, -0.05) is 11.3 Å². The van der Waals surface area contributed by atoms with Crippen molar-refractivity contribution in [3.05, 3.63) is 58.8 Å². The van der Waals surface area contributed by atoms with Gasteiger partial charge in [-0.2, -0.15) is 0 Å². The van der Waals surface area contributed by atoms with Gasteiger partial charge in [-0.25, -0.2) is 9.37 Å². The van der Waals surface area contributed by atoms with Crippen LogP contribution in [0.15, 0.2) is 43.0 Å². The van der Waals surface area contributed by atoms with E-state index in [0.29, 0.717) is 17.2 Å². The second-order valence-corrected chi connectivity index (χ2v) is 5.26. The predicted octanol–water partition coefficient (Wildman–Crippen LogP) is 2.17. The number of halogens is 1. The third-order valence-electron chi connectivity index (χ3n) is 2.64. The molecule has 3 aromatic rings. The van der Waals surface area contributed by atoms with Crippen molar-refractivity contribution in [1.82, 2.24) is 19.7 Å². The molecule has 0 aliphatic rings. The molecule has 8 heteroatoms. The Morgan fingerprint density at radius 3 is 2.81 bits per heavy atom. The summed E-state index contributed by atoms with van der Waals surface area (Å²) in [6.07, 6.45) is 5.14. The number of amides is 1. The zero-order chi connectivity index (χ0) is 14.7. The SMILES string of the molecule is O=C(Nc1ccc(F)cc1)c1nnc(Cn2ccnc2)s1. The van der Waals surface area contributed by atoms with Gasteiger partial charge in [-0.05, 0) is 24.3 Å². The summed E-state index contributed by atoms with van der Waals surface area (Å²) in [5.41, 5.74) is 0.507. The van der Waals surface area contributed by atoms with Crippen LogP contribution in [-0.2, 0) is 6.54 Å². The average molecular weight is 303 g/mol. The predicted molar refractivity (Wildman–Crippen MR) is 75.6 cm³/mol. The zero-order valence-corrected chi connectivity index (χ0v) is 11.5. The molecule has 1 aromatic carbocycles. The fourth-order valence-electron chi connectivity index (χ4n) is 1.66. The second kappa shape index (κ2) is 5.80. The molecule has 21 heavy (non-hydrogen) atoms. The van der Waals surface area contributed by atoms with Crippen molar-refractivity contribution in [2.45, 2.75) is 6.54 Å². The first-order chi connectivity index (χ1) is 10.2. The maximum atomic E-state index is 12.8. The van der Waals surface area contributed by atoms with Crippen LogP contribution in [0.5, 0.6) is 0 Å². The van der Waals surface area contributed by atoms with E-state index in [4.69, 9.17) is 0 Å². The van der Waals surface area contributed by atoms with Crippen LogP contribution in [0.2, 0.25) is 0 Å². The number of anilines is 1. The van der Waals surface area contributed by atoms with Crippen LogP contribution >= 0.6 is 11.3 Å². The molecule has 1 N–H and O–H groups in total. The quantitative estimate of drug-likeness (QED) is 0.801. The van der Waals surface area contributed by atoms with Crippen LogP contribution in [0.4, 0.5) is 10.1 Å². The molecule has 0 aliphatic heterocycles. The average Bonchev–Trinajstić information content (AvgIpc) is 3.13. The first kappa shape index (κ1) is 13.4. The number of aromatic nitrogens is 4. The molecule has 2 aromatic heterocycles. The summed E-state index contributed by atoms with van der Waals surface area (Å²) in [5, 5.41) is 11.4. The second-order valence-electron chi connectivity index (χ2n) is 4.20. The van der Waals surface area contributed by atoms with Crippen molar-refractivity contribution < 1.29 is 9.18 Å². The zero-order valence-electron chi connectivity index (χ0n) is 10.7. The van der Waals surface area contributed by atoms with E-state index in [-0.39, 0.29) is 16.7 Å². The Bertz CT molecular complexity index is 738. The molecule has 0 saturated carbocycles. The van der Waals surface area contributed by atoms with Crippen LogP contribution in [0, 0.1) is 5.82 Å². The van der Waals surface area contributed by atoms with Crippen LogP contribution < -0.4 is 5.32 Å². The number of imidazole rings is 1. The number of benzene rings is 1. The van der Waals surface area contributed by atoms with Crippen molar-refractivity contribution in [3.63, 3.8) is 0 Å². The largest absolute Gasteiger partial charge is 0.331 e. The van der Waals surface area contributed by atoms with Gasteiger partial charge < -0.3 is 9.88 Å². The summed E-state index contributed by atoms with van der Waals surface area (Å²) in [6, 6.07) is 5.53. The lowest BCUT2D eigenvalue weighted by atomic mass is 10.3. The topological polar surface area (TPSA) is 72.7 Å². The van der Waals surface area contributed by atoms with Crippen LogP contribution in [0.3, 0.4) is 0 Å². The molecule has 0 unspecified atom stereocenters. The minimum Gasteiger partial charge on any atom is -0.331 e. The molecule has 0 bridgehead atoms. The first-order valence-corrected chi connectivity index (χ1v) is 6.87. The molecule has 1 amide bonds. The lowest BCUT2D eigenvalue weighted by Crippen LogP contribution is -2.11. The maximum Gasteiger partial charge on any atom is 0.286 e. The van der Waals surface area contributed by atoms with Gasteiger partial charge in [0.1, 0.15) is 10.8 Å². The summed E-state index contributed by atoms with van der Waals surface area (Å²) < 4.78 is 14.6. The Hall–Kier alpha value is -2.61. The molecule has 2 heterocycles. The monoisotopic (exact) mass is 303 g/mol. The highest BCUT2D eigenvalue weighted by atomic mass is 32.1. The van der Waals surface area contributed by atoms with Gasteiger partial charge in [0.2, 0.25) is 5.01 Å². The lowest BCUT2D eigenvalue weighted by molar-refractivity contribution is 0.102. The van der Waals surface area contributed by atoms with E-state index in [2.05, 4.69) is 20.5 Å². The van der Waals surface area contributed by atoms with Crippen molar-refractivity contribution in [3.8, 4) is 0 Å². The Morgan fingerprint density at radius 1 is 1.29 bits per heavy atom. The maximum absolute atomic E-state index is 12.8. The van der Waals surface area contributed by atoms with Gasteiger partial charge >= 0.3 is 0 Å². The number of carbonyl (C=O) groups is 1. The van der Waals surface area contributed by atoms with Crippen molar-refractivity contribution in [2.75, 3.05) is 5.32 Å². The standard InChI is InChI=1S/C13H10FN5OS/c14-9-1-3-10(4-2-9)16-12(20)13-18-17-11(21-13)7-19-6-5-15-8-19/h1-6,8H,7H2,(H,16,20). The highest BCUT2D eigenvalue weighted by Crippen LogP contribution is 2.14. The molecule has 0 aliphatic carbocycles. The molecule has 3 rings (SSSR count). The van der Waals surface area contributed by atoms with Crippen molar-refractivity contribution in [1.29, 1.82) is 0 Å². The number of nitrogens with one attached hydrogen (secondary N) is 1. The molecule has 106 valence electrons. The summed E-state index contributed by atoms with van der Waals surface area (Å²) in [7, 11) is 0. The summed E-state index contributed by atoms with van der Waals surface area (Å²) in [5.74, 6) is -0.720. The lowest BCUT2D eigenvalue weighted by Gasteiger charge is -2.01. The van der Waals surface area contributed by atoms with E-state index in [1.165, 1.54) is 35.6 Å². The highest BCUT2D eigenvalue weighted by molar-refractivity contribution is 7.13. The third-order valence-corrected chi connectivity index (χ3v) is 3.55. The van der Waals surface area contributed by atoms with Crippen LogP contribution in [0.1, 0.15) is 14.8 Å². The Labute approximate surface area is 123 Å². The van der Waals surface area contributed by atoms with Gasteiger partial charge in [0.25, 0.3) is 5.91 Å². The van der Waals surface area contributed by atoms with Crippen molar-refractivity contribution in [2.24, 2.45) is 0 Å². The van der Waals surface area contributed by atoms with E-state index < -0.39 is 0 Å². The van der Waals surface area contributed by atoms with E-state index in [9.17, 15) is 9.18 Å². The Morgan fingerprint density at radius 2 is 2.10 bits per heavy atom. The van der Waals surface area contributed by atoms with Crippen LogP contribution in [-0.4, -0.2) is 25.7 Å². The number of hydrogen-bond acceptors (Lipinski definition) is 5. The molecular weight excluding hydrogens is 293 g/mol. The van der Waals surface area contributed by atoms with E-state index in [0.717, 1.165) is 0 Å². The van der Waals surface area contributed by atoms with Gasteiger partial charge in [0.05, 0.1) is 12.9 Å². The summed E-state index contributed by atoms with van der Waals surface area (Å²) in [4.78, 5) is 15.9. The highest BCUT2D eigenvalue weighted by Gasteiger charge is 2.13. The summed E-state index contributed by atoms with van der Waals surface area (Å²) >= 11 is 1.20. The molecule has 6 nitrogen and oxygen atoms in total. The number of carbonyl (C=O) groups excluding carboxylic acids is 1. The number of rotatable bonds is 4. The van der Waals surface area contributed by atoms with Gasteiger partial charge in [-0.3, -0.25) is 4.79 Å². The first-order valence-electron chi connectivity index (χ1n) is 6.06. The smallest absolute Gasteiger partial charge is 0.286 e. The van der Waals surface area contributed by atoms with Gasteiger partial charge in [0, 0.05) is 18.1 Å². The molecule has 0 spiro atoms. The van der Waals surface area contributed by atoms with E-state index >= 15 is 0 Å². The molecule has 0 radical (unpaired) electrons. The number of nitrogens with zero attached hydrogens (tertiary/aromatic N) is 4. The minimum atomic E-state index is -0.365. The fraction of sp³-hybridized carbons (Fsp3) is 0.0769. The van der Waals surface area contributed by atoms with E-state index in [1.54, 1.807) is 18.7 Å². The van der Waals surface area contributed by atoms with Gasteiger partial charge in [-0.15, -0.1) is 10.2 Å². The van der Waals surface area contributed by atoms with E-state index in [1.807, 2.05) is 4.57 Å². The Balaban J connectivity index is 1.67. The molecular formula is C13H10FN5OS. The van der Waals surface area contributed by atoms with Crippen molar-refractivity contribution >= 4 is 22.9 Å². The Kier molecular flexibility index (Phi) is 3.69. The van der Waals surface area contributed by atoms with Gasteiger partial charge in [0.15, 0.2) is 0 Å². The fourth-order valence-corrected chi connectivity index (χ4v) is 2.41. The summed E-state index contributed by atoms with van der Waals surface area (Å²) in [6.45, 7) is 0.515. The molecule has 0 saturated heterocycles.